The minimum absolute atomic E-state index is 0.0598. The van der Waals surface area contributed by atoms with Crippen LogP contribution in [0.2, 0.25) is 0 Å². The molecule has 1 aliphatic rings. The number of aromatic hydroxyl groups is 1. The first-order valence-corrected chi connectivity index (χ1v) is 8.90. The third kappa shape index (κ3) is 4.38. The number of nitrogens with one attached hydrogen (secondary N) is 1. The van der Waals surface area contributed by atoms with Crippen LogP contribution in [0.1, 0.15) is 32.1 Å². The molecule has 0 atom stereocenters. The fraction of sp³-hybridized carbons (Fsp3) is 0.538. The summed E-state index contributed by atoms with van der Waals surface area (Å²) < 4.78 is 27.4. The molecule has 0 aromatic heterocycles. The van der Waals surface area contributed by atoms with Gasteiger partial charge in [0.25, 0.3) is 0 Å². The molecule has 19 heavy (non-hydrogen) atoms. The number of rotatable bonds is 4. The normalized spacial score (nSPS) is 17.3. The van der Waals surface area contributed by atoms with E-state index in [1.807, 2.05) is 0 Å². The first-order valence-electron chi connectivity index (χ1n) is 6.45. The Bertz CT molecular complexity index is 539. The summed E-state index contributed by atoms with van der Waals surface area (Å²) in [5.41, 5.74) is 0.227. The van der Waals surface area contributed by atoms with E-state index in [0.717, 1.165) is 30.2 Å². The molecule has 2 rings (SSSR count). The van der Waals surface area contributed by atoms with Crippen molar-refractivity contribution in [3.63, 3.8) is 0 Å². The van der Waals surface area contributed by atoms with Gasteiger partial charge in [0.05, 0.1) is 11.4 Å². The molecule has 0 bridgehead atoms. The van der Waals surface area contributed by atoms with Crippen LogP contribution in [-0.4, -0.2) is 19.3 Å². The number of hydrogen-bond donors (Lipinski definition) is 2. The van der Waals surface area contributed by atoms with Crippen molar-refractivity contribution in [2.24, 2.45) is 5.92 Å². The van der Waals surface area contributed by atoms with Crippen LogP contribution < -0.4 is 4.72 Å². The van der Waals surface area contributed by atoms with Gasteiger partial charge in [0.2, 0.25) is 10.0 Å². The Morgan fingerprint density at radius 2 is 1.95 bits per heavy atom. The summed E-state index contributed by atoms with van der Waals surface area (Å²) in [6, 6.07) is 4.69. The van der Waals surface area contributed by atoms with Gasteiger partial charge in [-0.1, -0.05) is 35.2 Å². The third-order valence-electron chi connectivity index (χ3n) is 3.40. The summed E-state index contributed by atoms with van der Waals surface area (Å²) in [5.74, 6) is 0.315. The highest BCUT2D eigenvalue weighted by Crippen LogP contribution is 2.29. The Morgan fingerprint density at radius 1 is 1.26 bits per heavy atom. The lowest BCUT2D eigenvalue weighted by atomic mass is 9.91. The van der Waals surface area contributed by atoms with E-state index < -0.39 is 10.0 Å². The lowest BCUT2D eigenvalue weighted by Gasteiger charge is -2.21. The quantitative estimate of drug-likeness (QED) is 0.819. The smallest absolute Gasteiger partial charge is 0.233 e. The van der Waals surface area contributed by atoms with Crippen LogP contribution in [-0.2, 0) is 10.0 Å². The maximum Gasteiger partial charge on any atom is 0.233 e. The van der Waals surface area contributed by atoms with Crippen LogP contribution in [0, 0.1) is 5.92 Å². The van der Waals surface area contributed by atoms with Gasteiger partial charge in [0, 0.05) is 4.47 Å². The van der Waals surface area contributed by atoms with Gasteiger partial charge < -0.3 is 5.11 Å². The van der Waals surface area contributed by atoms with Crippen molar-refractivity contribution in [1.82, 2.24) is 0 Å². The number of hydrogen-bond acceptors (Lipinski definition) is 3. The maximum absolute atomic E-state index is 12.1. The average Bonchev–Trinajstić information content (AvgIpc) is 2.34. The summed E-state index contributed by atoms with van der Waals surface area (Å²) in [6.07, 6.45) is 5.39. The number of anilines is 1. The fourth-order valence-electron chi connectivity index (χ4n) is 2.46. The van der Waals surface area contributed by atoms with E-state index in [1.54, 1.807) is 12.1 Å². The van der Waals surface area contributed by atoms with Gasteiger partial charge in [0.1, 0.15) is 5.75 Å². The minimum Gasteiger partial charge on any atom is -0.506 e. The van der Waals surface area contributed by atoms with Crippen molar-refractivity contribution < 1.29 is 13.5 Å². The number of phenolic OH excluding ortho intramolecular Hbond substituents is 1. The molecule has 0 radical (unpaired) electrons. The van der Waals surface area contributed by atoms with Gasteiger partial charge in [-0.2, -0.15) is 0 Å². The maximum atomic E-state index is 12.1. The SMILES string of the molecule is O=S(=O)(CC1CCCCC1)Nc1cc(Br)ccc1O. The van der Waals surface area contributed by atoms with Gasteiger partial charge in [-0.25, -0.2) is 8.42 Å². The molecule has 0 aliphatic heterocycles. The van der Waals surface area contributed by atoms with Gasteiger partial charge in [-0.3, -0.25) is 4.72 Å². The molecule has 1 saturated carbocycles. The Morgan fingerprint density at radius 3 is 2.63 bits per heavy atom. The second kappa shape index (κ2) is 6.13. The molecule has 1 aromatic rings. The molecule has 106 valence electrons. The van der Waals surface area contributed by atoms with Crippen LogP contribution in [0.5, 0.6) is 5.75 Å². The first-order chi connectivity index (χ1) is 8.96. The summed E-state index contributed by atoms with van der Waals surface area (Å²) >= 11 is 3.26. The van der Waals surface area contributed by atoms with Crippen LogP contribution >= 0.6 is 15.9 Å². The first kappa shape index (κ1) is 14.7. The van der Waals surface area contributed by atoms with Crippen molar-refractivity contribution in [3.05, 3.63) is 22.7 Å². The number of sulfonamides is 1. The van der Waals surface area contributed by atoms with Crippen LogP contribution in [0.25, 0.3) is 0 Å². The van der Waals surface area contributed by atoms with E-state index in [-0.39, 0.29) is 23.1 Å². The average molecular weight is 348 g/mol. The van der Waals surface area contributed by atoms with E-state index in [1.165, 1.54) is 12.5 Å². The highest BCUT2D eigenvalue weighted by Gasteiger charge is 2.22. The molecule has 0 spiro atoms. The van der Waals surface area contributed by atoms with Crippen LogP contribution in [0.3, 0.4) is 0 Å². The molecule has 6 heteroatoms. The summed E-state index contributed by atoms with van der Waals surface area (Å²) in [6.45, 7) is 0. The second-order valence-corrected chi connectivity index (χ2v) is 7.73. The molecular weight excluding hydrogens is 330 g/mol. The Balaban J connectivity index is 2.05. The van der Waals surface area contributed by atoms with Crippen molar-refractivity contribution in [3.8, 4) is 5.75 Å². The molecule has 1 fully saturated rings. The third-order valence-corrected chi connectivity index (χ3v) is 5.34. The highest BCUT2D eigenvalue weighted by atomic mass is 79.9. The number of phenols is 1. The molecule has 0 saturated heterocycles. The van der Waals surface area contributed by atoms with Crippen molar-refractivity contribution in [1.29, 1.82) is 0 Å². The van der Waals surface area contributed by atoms with Crippen molar-refractivity contribution >= 4 is 31.6 Å². The van der Waals surface area contributed by atoms with Crippen LogP contribution in [0.15, 0.2) is 22.7 Å². The molecule has 1 aromatic carbocycles. The van der Waals surface area contributed by atoms with Gasteiger partial charge in [-0.15, -0.1) is 0 Å². The van der Waals surface area contributed by atoms with E-state index >= 15 is 0 Å². The molecular formula is C13H18BrNO3S. The monoisotopic (exact) mass is 347 g/mol. The fourth-order valence-corrected chi connectivity index (χ4v) is 4.36. The van der Waals surface area contributed by atoms with E-state index in [4.69, 9.17) is 0 Å². The lowest BCUT2D eigenvalue weighted by molar-refractivity contribution is 0.385. The highest BCUT2D eigenvalue weighted by molar-refractivity contribution is 9.10. The van der Waals surface area contributed by atoms with Gasteiger partial charge >= 0.3 is 0 Å². The van der Waals surface area contributed by atoms with Gasteiger partial charge in [-0.05, 0) is 37.0 Å². The molecule has 0 heterocycles. The molecule has 4 nitrogen and oxygen atoms in total. The molecule has 0 unspecified atom stereocenters. The standard InChI is InChI=1S/C13H18BrNO3S/c14-11-6-7-13(16)12(8-11)15-19(17,18)9-10-4-2-1-3-5-10/h6-8,10,15-16H,1-5,9H2. The lowest BCUT2D eigenvalue weighted by Crippen LogP contribution is -2.24. The molecule has 2 N–H and O–H groups in total. The second-order valence-electron chi connectivity index (χ2n) is 5.05. The summed E-state index contributed by atoms with van der Waals surface area (Å²) in [5, 5.41) is 9.66. The minimum atomic E-state index is -3.40. The zero-order valence-corrected chi connectivity index (χ0v) is 13.0. The van der Waals surface area contributed by atoms with Crippen LogP contribution in [0.4, 0.5) is 5.69 Å². The topological polar surface area (TPSA) is 66.4 Å². The predicted octanol–water partition coefficient (Wildman–Crippen LogP) is 3.48. The van der Waals surface area contributed by atoms with E-state index in [9.17, 15) is 13.5 Å². The van der Waals surface area contributed by atoms with E-state index in [0.29, 0.717) is 0 Å². The predicted molar refractivity (Wildman–Crippen MR) is 79.8 cm³/mol. The Hall–Kier alpha value is -0.750. The number of benzene rings is 1. The van der Waals surface area contributed by atoms with Crippen molar-refractivity contribution in [2.75, 3.05) is 10.5 Å². The summed E-state index contributed by atoms with van der Waals surface area (Å²) in [4.78, 5) is 0. The Kier molecular flexibility index (Phi) is 4.73. The van der Waals surface area contributed by atoms with Crippen molar-refractivity contribution in [2.45, 2.75) is 32.1 Å². The van der Waals surface area contributed by atoms with E-state index in [2.05, 4.69) is 20.7 Å². The van der Waals surface area contributed by atoms with Gasteiger partial charge in [0.15, 0.2) is 0 Å². The summed E-state index contributed by atoms with van der Waals surface area (Å²) in [7, 11) is -3.40. The number of halogens is 1. The zero-order chi connectivity index (χ0) is 13.9. The molecule has 0 amide bonds. The Labute approximate surface area is 122 Å². The zero-order valence-electron chi connectivity index (χ0n) is 10.6. The largest absolute Gasteiger partial charge is 0.506 e. The molecule has 1 aliphatic carbocycles.